The van der Waals surface area contributed by atoms with Gasteiger partial charge in [-0.1, -0.05) is 0 Å². The summed E-state index contributed by atoms with van der Waals surface area (Å²) in [6.45, 7) is 2.28. The van der Waals surface area contributed by atoms with Crippen molar-refractivity contribution in [2.45, 2.75) is 11.6 Å². The molecule has 0 bridgehead atoms. The van der Waals surface area contributed by atoms with E-state index in [1.54, 1.807) is 23.9 Å². The third kappa shape index (κ3) is 2.79. The third-order valence-corrected chi connectivity index (χ3v) is 3.92. The molecule has 0 unspecified atom stereocenters. The first kappa shape index (κ1) is 15.2. The molecule has 7 heteroatoms. The molecule has 0 aromatic rings. The Morgan fingerprint density at radius 3 is 2.50 bits per heavy atom. The zero-order chi connectivity index (χ0) is 14.9. The van der Waals surface area contributed by atoms with Crippen LogP contribution in [0, 0.1) is 0 Å². The molecule has 0 aromatic heterocycles. The minimum absolute atomic E-state index is 0.0177. The highest BCUT2D eigenvalue weighted by Gasteiger charge is 2.51. The third-order valence-electron chi connectivity index (χ3n) is 3.92. The molecule has 2 fully saturated rings. The molecule has 1 spiro atoms. The van der Waals surface area contributed by atoms with Crippen molar-refractivity contribution in [2.75, 3.05) is 61.1 Å². The lowest BCUT2D eigenvalue weighted by Gasteiger charge is -2.54. The molecular weight excluding hydrogens is 262 g/mol. The molecule has 20 heavy (non-hydrogen) atoms. The van der Waals surface area contributed by atoms with E-state index < -0.39 is 0 Å². The standard InChI is InChI=1S/C13H23N3O4/c1-14(2)12(18)10-5-20-13(7-15(10)3)8-16(9-13)11(17)6-19-4/h10H,5-9H2,1-4H3/t10-/m0/s1. The minimum atomic E-state index is -0.318. The maximum Gasteiger partial charge on any atom is 0.248 e. The largest absolute Gasteiger partial charge is 0.375 e. The van der Waals surface area contributed by atoms with Gasteiger partial charge in [0.1, 0.15) is 18.2 Å². The van der Waals surface area contributed by atoms with Gasteiger partial charge in [-0.2, -0.15) is 0 Å². The number of methoxy groups -OCH3 is 1. The number of hydrogen-bond donors (Lipinski definition) is 0. The van der Waals surface area contributed by atoms with Crippen LogP contribution < -0.4 is 0 Å². The molecule has 0 aromatic carbocycles. The Hall–Kier alpha value is -1.18. The predicted molar refractivity (Wildman–Crippen MR) is 72.3 cm³/mol. The van der Waals surface area contributed by atoms with Crippen molar-refractivity contribution < 1.29 is 19.1 Å². The van der Waals surface area contributed by atoms with Crippen LogP contribution in [0.15, 0.2) is 0 Å². The Morgan fingerprint density at radius 2 is 2.00 bits per heavy atom. The van der Waals surface area contributed by atoms with Crippen molar-refractivity contribution in [3.63, 3.8) is 0 Å². The van der Waals surface area contributed by atoms with Crippen LogP contribution in [0.1, 0.15) is 0 Å². The number of likely N-dealkylation sites (N-methyl/N-ethyl adjacent to an activating group) is 2. The fourth-order valence-corrected chi connectivity index (χ4v) is 2.78. The molecule has 2 amide bonds. The fourth-order valence-electron chi connectivity index (χ4n) is 2.78. The van der Waals surface area contributed by atoms with Crippen LogP contribution >= 0.6 is 0 Å². The zero-order valence-corrected chi connectivity index (χ0v) is 12.6. The summed E-state index contributed by atoms with van der Waals surface area (Å²) in [5.41, 5.74) is -0.318. The first-order valence-corrected chi connectivity index (χ1v) is 6.70. The van der Waals surface area contributed by atoms with E-state index in [9.17, 15) is 9.59 Å². The summed E-state index contributed by atoms with van der Waals surface area (Å²) in [5, 5.41) is 0. The van der Waals surface area contributed by atoms with Gasteiger partial charge in [-0.3, -0.25) is 14.5 Å². The molecule has 2 aliphatic rings. The van der Waals surface area contributed by atoms with E-state index >= 15 is 0 Å². The second-order valence-electron chi connectivity index (χ2n) is 5.84. The number of rotatable bonds is 3. The maximum atomic E-state index is 12.0. The highest BCUT2D eigenvalue weighted by molar-refractivity contribution is 5.82. The van der Waals surface area contributed by atoms with Gasteiger partial charge in [-0.15, -0.1) is 0 Å². The van der Waals surface area contributed by atoms with Crippen LogP contribution in [0.2, 0.25) is 0 Å². The van der Waals surface area contributed by atoms with Crippen LogP contribution in [0.5, 0.6) is 0 Å². The first-order valence-electron chi connectivity index (χ1n) is 6.70. The average Bonchev–Trinajstić information content (AvgIpc) is 2.35. The lowest BCUT2D eigenvalue weighted by atomic mass is 9.90. The van der Waals surface area contributed by atoms with E-state index in [0.29, 0.717) is 26.2 Å². The normalized spacial score (nSPS) is 25.4. The maximum absolute atomic E-state index is 12.0. The Balaban J connectivity index is 1.88. The van der Waals surface area contributed by atoms with Crippen LogP contribution in [0.4, 0.5) is 0 Å². The number of morpholine rings is 1. The van der Waals surface area contributed by atoms with Crippen molar-refractivity contribution in [3.8, 4) is 0 Å². The average molecular weight is 285 g/mol. The lowest BCUT2D eigenvalue weighted by Crippen LogP contribution is -2.73. The van der Waals surface area contributed by atoms with E-state index in [2.05, 4.69) is 0 Å². The van der Waals surface area contributed by atoms with Gasteiger partial charge in [-0.05, 0) is 7.05 Å². The summed E-state index contributed by atoms with van der Waals surface area (Å²) < 4.78 is 10.7. The van der Waals surface area contributed by atoms with Crippen molar-refractivity contribution in [1.82, 2.24) is 14.7 Å². The summed E-state index contributed by atoms with van der Waals surface area (Å²) in [5.74, 6) is 0.0323. The summed E-state index contributed by atoms with van der Waals surface area (Å²) >= 11 is 0. The summed E-state index contributed by atoms with van der Waals surface area (Å²) in [4.78, 5) is 29.0. The van der Waals surface area contributed by atoms with Gasteiger partial charge in [0.2, 0.25) is 11.8 Å². The number of hydrogen-bond acceptors (Lipinski definition) is 5. The second kappa shape index (κ2) is 5.67. The quantitative estimate of drug-likeness (QED) is 0.640. The SMILES string of the molecule is COCC(=O)N1CC2(C1)CN(C)[C@H](C(=O)N(C)C)CO2. The molecule has 2 saturated heterocycles. The fraction of sp³-hybridized carbons (Fsp3) is 0.846. The van der Waals surface area contributed by atoms with Crippen molar-refractivity contribution in [3.05, 3.63) is 0 Å². The Morgan fingerprint density at radius 1 is 1.35 bits per heavy atom. The van der Waals surface area contributed by atoms with Gasteiger partial charge in [0.25, 0.3) is 0 Å². The lowest BCUT2D eigenvalue weighted by molar-refractivity contribution is -0.204. The Labute approximate surface area is 119 Å². The monoisotopic (exact) mass is 285 g/mol. The highest BCUT2D eigenvalue weighted by atomic mass is 16.5. The number of nitrogens with zero attached hydrogens (tertiary/aromatic N) is 3. The molecule has 2 heterocycles. The molecule has 1 atom stereocenters. The smallest absolute Gasteiger partial charge is 0.248 e. The number of ether oxygens (including phenoxy) is 2. The molecule has 114 valence electrons. The number of carbonyl (C=O) groups is 2. The molecular formula is C13H23N3O4. The number of amides is 2. The van der Waals surface area contributed by atoms with Gasteiger partial charge in [0, 0.05) is 27.7 Å². The van der Waals surface area contributed by atoms with E-state index in [4.69, 9.17) is 9.47 Å². The van der Waals surface area contributed by atoms with Crippen LogP contribution in [-0.4, -0.2) is 99.3 Å². The van der Waals surface area contributed by atoms with Gasteiger partial charge in [0.15, 0.2) is 0 Å². The zero-order valence-electron chi connectivity index (χ0n) is 12.6. The Bertz CT molecular complexity index is 393. The molecule has 0 saturated carbocycles. The minimum Gasteiger partial charge on any atom is -0.375 e. The molecule has 2 rings (SSSR count). The highest BCUT2D eigenvalue weighted by Crippen LogP contribution is 2.30. The first-order chi connectivity index (χ1) is 9.38. The second-order valence-corrected chi connectivity index (χ2v) is 5.84. The van der Waals surface area contributed by atoms with Crippen molar-refractivity contribution >= 4 is 11.8 Å². The predicted octanol–water partition coefficient (Wildman–Crippen LogP) is -1.37. The van der Waals surface area contributed by atoms with Gasteiger partial charge >= 0.3 is 0 Å². The number of likely N-dealkylation sites (tertiary alicyclic amines) is 1. The van der Waals surface area contributed by atoms with E-state index in [1.165, 1.54) is 7.11 Å². The van der Waals surface area contributed by atoms with Crippen molar-refractivity contribution in [1.29, 1.82) is 0 Å². The summed E-state index contributed by atoms with van der Waals surface area (Å²) in [7, 11) is 6.93. The van der Waals surface area contributed by atoms with Crippen LogP contribution in [0.25, 0.3) is 0 Å². The molecule has 2 aliphatic heterocycles. The van der Waals surface area contributed by atoms with E-state index in [-0.39, 0.29) is 30.1 Å². The van der Waals surface area contributed by atoms with Crippen LogP contribution in [-0.2, 0) is 19.1 Å². The Kier molecular flexibility index (Phi) is 4.31. The van der Waals surface area contributed by atoms with Gasteiger partial charge < -0.3 is 19.3 Å². The molecule has 7 nitrogen and oxygen atoms in total. The van der Waals surface area contributed by atoms with Crippen molar-refractivity contribution in [2.24, 2.45) is 0 Å². The van der Waals surface area contributed by atoms with Gasteiger partial charge in [-0.25, -0.2) is 0 Å². The molecule has 0 radical (unpaired) electrons. The topological polar surface area (TPSA) is 62.3 Å². The molecule has 0 N–H and O–H groups in total. The van der Waals surface area contributed by atoms with E-state index in [1.807, 2.05) is 11.9 Å². The number of carbonyl (C=O) groups excluding carboxylic acids is 2. The van der Waals surface area contributed by atoms with Crippen LogP contribution in [0.3, 0.4) is 0 Å². The van der Waals surface area contributed by atoms with E-state index in [0.717, 1.165) is 0 Å². The summed E-state index contributed by atoms with van der Waals surface area (Å²) in [6.07, 6.45) is 0. The summed E-state index contributed by atoms with van der Waals surface area (Å²) in [6, 6.07) is -0.237. The van der Waals surface area contributed by atoms with Gasteiger partial charge in [0.05, 0.1) is 19.7 Å². The molecule has 0 aliphatic carbocycles.